The molecule has 1 aliphatic heterocycles. The monoisotopic (exact) mass is 547 g/mol. The standard InChI is InChI=1S/C21H33N5O4.HI/c1-21(2,3)30-20(27)24-17-12-14-25(15-17)19(22-4)23-13-6-5-7-16-8-10-18(11-9-16)26(28)29;/h8-11,17H,5-7,12-15H2,1-4H3,(H,22,23)(H,24,27);1H. The summed E-state index contributed by atoms with van der Waals surface area (Å²) in [4.78, 5) is 28.7. The van der Waals surface area contributed by atoms with Gasteiger partial charge in [-0.2, -0.15) is 0 Å². The maximum Gasteiger partial charge on any atom is 0.407 e. The number of carbonyl (C=O) groups is 1. The minimum absolute atomic E-state index is 0. The highest BCUT2D eigenvalue weighted by Crippen LogP contribution is 2.14. The Morgan fingerprint density at radius 3 is 2.55 bits per heavy atom. The molecule has 0 aliphatic carbocycles. The van der Waals surface area contributed by atoms with Crippen LogP contribution in [-0.2, 0) is 11.2 Å². The molecule has 1 aliphatic rings. The number of likely N-dealkylation sites (tertiary alicyclic amines) is 1. The molecule has 1 heterocycles. The van der Waals surface area contributed by atoms with Gasteiger partial charge in [-0.15, -0.1) is 24.0 Å². The van der Waals surface area contributed by atoms with Crippen LogP contribution in [0.4, 0.5) is 10.5 Å². The number of nitro groups is 1. The van der Waals surface area contributed by atoms with Crippen LogP contribution in [0.1, 0.15) is 45.6 Å². The molecule has 1 atom stereocenters. The lowest BCUT2D eigenvalue weighted by Gasteiger charge is -2.23. The highest BCUT2D eigenvalue weighted by Gasteiger charge is 2.27. The van der Waals surface area contributed by atoms with E-state index in [1.54, 1.807) is 19.2 Å². The Balaban J connectivity index is 0.00000480. The summed E-state index contributed by atoms with van der Waals surface area (Å²) >= 11 is 0. The second-order valence-corrected chi connectivity index (χ2v) is 8.43. The molecule has 2 rings (SSSR count). The molecular formula is C21H34IN5O4. The summed E-state index contributed by atoms with van der Waals surface area (Å²) in [6.45, 7) is 7.85. The first-order chi connectivity index (χ1) is 14.2. The summed E-state index contributed by atoms with van der Waals surface area (Å²) in [5, 5.41) is 17.0. The van der Waals surface area contributed by atoms with Crippen molar-refractivity contribution in [3.63, 3.8) is 0 Å². The van der Waals surface area contributed by atoms with Crippen LogP contribution in [0.5, 0.6) is 0 Å². The quantitative estimate of drug-likeness (QED) is 0.135. The van der Waals surface area contributed by atoms with Gasteiger partial charge < -0.3 is 20.3 Å². The Morgan fingerprint density at radius 2 is 1.97 bits per heavy atom. The molecule has 1 fully saturated rings. The van der Waals surface area contributed by atoms with Crippen LogP contribution in [0.3, 0.4) is 0 Å². The number of hydrogen-bond donors (Lipinski definition) is 2. The Kier molecular flexibility index (Phi) is 11.0. The van der Waals surface area contributed by atoms with Gasteiger partial charge in [0.2, 0.25) is 0 Å². The number of aliphatic imine (C=N–C) groups is 1. The molecule has 10 heteroatoms. The molecule has 1 aromatic rings. The van der Waals surface area contributed by atoms with E-state index in [0.717, 1.165) is 50.3 Å². The van der Waals surface area contributed by atoms with Crippen molar-refractivity contribution in [2.75, 3.05) is 26.7 Å². The molecule has 1 unspecified atom stereocenters. The van der Waals surface area contributed by atoms with Crippen LogP contribution in [0, 0.1) is 10.1 Å². The van der Waals surface area contributed by atoms with E-state index in [4.69, 9.17) is 4.74 Å². The minimum atomic E-state index is -0.506. The minimum Gasteiger partial charge on any atom is -0.444 e. The molecule has 31 heavy (non-hydrogen) atoms. The maximum absolute atomic E-state index is 11.9. The van der Waals surface area contributed by atoms with Gasteiger partial charge in [0, 0.05) is 38.8 Å². The average molecular weight is 547 g/mol. The number of halogens is 1. The highest BCUT2D eigenvalue weighted by molar-refractivity contribution is 14.0. The van der Waals surface area contributed by atoms with E-state index >= 15 is 0 Å². The van der Waals surface area contributed by atoms with Gasteiger partial charge in [0.05, 0.1) is 11.0 Å². The fourth-order valence-electron chi connectivity index (χ4n) is 3.32. The van der Waals surface area contributed by atoms with Gasteiger partial charge in [0.1, 0.15) is 5.60 Å². The van der Waals surface area contributed by atoms with Gasteiger partial charge in [-0.25, -0.2) is 4.79 Å². The van der Waals surface area contributed by atoms with E-state index < -0.39 is 5.60 Å². The lowest BCUT2D eigenvalue weighted by atomic mass is 10.1. The topological polar surface area (TPSA) is 109 Å². The van der Waals surface area contributed by atoms with Crippen LogP contribution >= 0.6 is 24.0 Å². The number of carbonyl (C=O) groups excluding carboxylic acids is 1. The van der Waals surface area contributed by atoms with Crippen molar-refractivity contribution in [3.8, 4) is 0 Å². The van der Waals surface area contributed by atoms with Gasteiger partial charge in [0.25, 0.3) is 5.69 Å². The Hall–Kier alpha value is -2.11. The van der Waals surface area contributed by atoms with Crippen LogP contribution in [0.25, 0.3) is 0 Å². The van der Waals surface area contributed by atoms with Crippen molar-refractivity contribution in [1.82, 2.24) is 15.5 Å². The summed E-state index contributed by atoms with van der Waals surface area (Å²) in [5.41, 5.74) is 0.712. The third-order valence-electron chi connectivity index (χ3n) is 4.74. The SMILES string of the molecule is CN=C(NCCCCc1ccc([N+](=O)[O-])cc1)N1CCC(NC(=O)OC(C)(C)C)C1.I. The number of nitro benzene ring substituents is 1. The van der Waals surface area contributed by atoms with E-state index in [1.807, 2.05) is 32.9 Å². The molecule has 0 aromatic heterocycles. The molecule has 174 valence electrons. The zero-order valence-electron chi connectivity index (χ0n) is 18.7. The summed E-state index contributed by atoms with van der Waals surface area (Å²) in [6.07, 6.45) is 3.28. The Bertz CT molecular complexity index is 749. The van der Waals surface area contributed by atoms with Gasteiger partial charge in [-0.05, 0) is 52.0 Å². The molecule has 0 saturated carbocycles. The maximum atomic E-state index is 11.9. The number of alkyl carbamates (subject to hydrolysis) is 1. The number of guanidine groups is 1. The van der Waals surface area contributed by atoms with Gasteiger partial charge in [-0.3, -0.25) is 15.1 Å². The van der Waals surface area contributed by atoms with Gasteiger partial charge >= 0.3 is 6.09 Å². The number of hydrogen-bond acceptors (Lipinski definition) is 5. The second kappa shape index (κ2) is 12.7. The average Bonchev–Trinajstić information content (AvgIpc) is 3.11. The summed E-state index contributed by atoms with van der Waals surface area (Å²) in [5.74, 6) is 0.832. The molecule has 0 bridgehead atoms. The van der Waals surface area contributed by atoms with E-state index in [9.17, 15) is 14.9 Å². The van der Waals surface area contributed by atoms with E-state index in [0.29, 0.717) is 6.54 Å². The largest absolute Gasteiger partial charge is 0.444 e. The van der Waals surface area contributed by atoms with Crippen molar-refractivity contribution in [2.45, 2.75) is 58.1 Å². The number of aryl methyl sites for hydroxylation is 1. The summed E-state index contributed by atoms with van der Waals surface area (Å²) in [7, 11) is 1.76. The molecule has 9 nitrogen and oxygen atoms in total. The summed E-state index contributed by atoms with van der Waals surface area (Å²) in [6, 6.07) is 6.76. The molecule has 1 amide bonds. The van der Waals surface area contributed by atoms with Crippen molar-refractivity contribution >= 4 is 41.7 Å². The highest BCUT2D eigenvalue weighted by atomic mass is 127. The molecule has 0 radical (unpaired) electrons. The zero-order valence-corrected chi connectivity index (χ0v) is 21.0. The predicted octanol–water partition coefficient (Wildman–Crippen LogP) is 3.71. The summed E-state index contributed by atoms with van der Waals surface area (Å²) < 4.78 is 5.32. The number of benzene rings is 1. The Labute approximate surface area is 201 Å². The third-order valence-corrected chi connectivity index (χ3v) is 4.74. The zero-order chi connectivity index (χ0) is 22.1. The fraction of sp³-hybridized carbons (Fsp3) is 0.619. The lowest BCUT2D eigenvalue weighted by molar-refractivity contribution is -0.384. The van der Waals surface area contributed by atoms with Crippen molar-refractivity contribution in [3.05, 3.63) is 39.9 Å². The van der Waals surface area contributed by atoms with Gasteiger partial charge in [-0.1, -0.05) is 12.1 Å². The first kappa shape index (κ1) is 26.9. The van der Waals surface area contributed by atoms with Crippen molar-refractivity contribution in [1.29, 1.82) is 0 Å². The Morgan fingerprint density at radius 1 is 1.29 bits per heavy atom. The number of nitrogens with one attached hydrogen (secondary N) is 2. The number of amides is 1. The van der Waals surface area contributed by atoms with Crippen molar-refractivity contribution in [2.24, 2.45) is 4.99 Å². The van der Waals surface area contributed by atoms with Crippen LogP contribution in [0.2, 0.25) is 0 Å². The molecule has 0 spiro atoms. The lowest BCUT2D eigenvalue weighted by Crippen LogP contribution is -2.44. The number of rotatable bonds is 7. The first-order valence-electron chi connectivity index (χ1n) is 10.4. The van der Waals surface area contributed by atoms with Gasteiger partial charge in [0.15, 0.2) is 5.96 Å². The van der Waals surface area contributed by atoms with E-state index in [1.165, 1.54) is 0 Å². The smallest absolute Gasteiger partial charge is 0.407 e. The van der Waals surface area contributed by atoms with Crippen LogP contribution < -0.4 is 10.6 Å². The van der Waals surface area contributed by atoms with E-state index in [2.05, 4.69) is 20.5 Å². The van der Waals surface area contributed by atoms with Crippen molar-refractivity contribution < 1.29 is 14.5 Å². The number of unbranched alkanes of at least 4 members (excludes halogenated alkanes) is 1. The number of ether oxygens (including phenoxy) is 1. The molecule has 1 aromatic carbocycles. The molecular weight excluding hydrogens is 513 g/mol. The van der Waals surface area contributed by atoms with Crippen LogP contribution in [0.15, 0.2) is 29.3 Å². The normalized spacial score (nSPS) is 16.5. The number of non-ortho nitro benzene ring substituents is 1. The van der Waals surface area contributed by atoms with E-state index in [-0.39, 0.29) is 46.7 Å². The predicted molar refractivity (Wildman–Crippen MR) is 132 cm³/mol. The van der Waals surface area contributed by atoms with Crippen LogP contribution in [-0.4, -0.2) is 60.2 Å². The second-order valence-electron chi connectivity index (χ2n) is 8.43. The fourth-order valence-corrected chi connectivity index (χ4v) is 3.32. The molecule has 2 N–H and O–H groups in total. The third kappa shape index (κ3) is 9.70. The first-order valence-corrected chi connectivity index (χ1v) is 10.4. The molecule has 1 saturated heterocycles. The number of nitrogens with zero attached hydrogens (tertiary/aromatic N) is 3.